The van der Waals surface area contributed by atoms with Crippen molar-refractivity contribution in [2.45, 2.75) is 80.0 Å². The molecule has 0 radical (unpaired) electrons. The van der Waals surface area contributed by atoms with E-state index in [0.717, 1.165) is 0 Å². The van der Waals surface area contributed by atoms with Gasteiger partial charge in [0.05, 0.1) is 0 Å². The van der Waals surface area contributed by atoms with Gasteiger partial charge in [0, 0.05) is 0 Å². The van der Waals surface area contributed by atoms with Gasteiger partial charge in [0.15, 0.2) is 0 Å². The molecule has 0 nitrogen and oxygen atoms in total. The molecule has 0 aromatic heterocycles. The Bertz CT molecular complexity index is 72.2. The second-order valence-corrected chi connectivity index (χ2v) is 14.2. The van der Waals surface area contributed by atoms with Gasteiger partial charge in [-0.3, -0.25) is 0 Å². The molecule has 14 heavy (non-hydrogen) atoms. The summed E-state index contributed by atoms with van der Waals surface area (Å²) >= 11 is -0.967. The van der Waals surface area contributed by atoms with Gasteiger partial charge < -0.3 is 0 Å². The third-order valence-electron chi connectivity index (χ3n) is 2.90. The number of hydrogen-bond donors (Lipinski definition) is 0. The third kappa shape index (κ3) is 10.9. The van der Waals surface area contributed by atoms with Crippen molar-refractivity contribution in [3.63, 3.8) is 0 Å². The third-order valence-corrected chi connectivity index (χ3v) is 13.4. The molecule has 0 saturated carbocycles. The van der Waals surface area contributed by atoms with Gasteiger partial charge in [0.1, 0.15) is 0 Å². The summed E-state index contributed by atoms with van der Waals surface area (Å²) in [4.78, 5) is 0. The molecule has 0 aliphatic carbocycles. The standard InChI is InChI=1S/3C4H9.CH4.Sn.H/c3*1-3-4-2;;;/h3*1,3-4H2,2H3;1H4;;. The topological polar surface area (TPSA) is 0 Å². The van der Waals surface area contributed by atoms with Gasteiger partial charge in [-0.15, -0.1) is 0 Å². The van der Waals surface area contributed by atoms with Crippen molar-refractivity contribution in [2.24, 2.45) is 0 Å². The van der Waals surface area contributed by atoms with E-state index in [9.17, 15) is 0 Å². The van der Waals surface area contributed by atoms with Crippen LogP contribution in [0.1, 0.15) is 66.7 Å². The Labute approximate surface area is 99.6 Å². The van der Waals surface area contributed by atoms with Crippen molar-refractivity contribution in [2.75, 3.05) is 0 Å². The summed E-state index contributed by atoms with van der Waals surface area (Å²) in [5.74, 6) is 0. The first-order chi connectivity index (χ1) is 6.35. The molecule has 0 amide bonds. The van der Waals surface area contributed by atoms with Crippen molar-refractivity contribution in [3.8, 4) is 0 Å². The van der Waals surface area contributed by atoms with E-state index in [2.05, 4.69) is 20.8 Å². The normalized spacial score (nSPS) is 10.3. The van der Waals surface area contributed by atoms with Crippen LogP contribution in [0, 0.1) is 0 Å². The maximum atomic E-state index is 2.34. The van der Waals surface area contributed by atoms with Crippen LogP contribution in [0.2, 0.25) is 13.3 Å². The molecule has 0 saturated heterocycles. The molecule has 0 aliphatic heterocycles. The van der Waals surface area contributed by atoms with E-state index in [0.29, 0.717) is 0 Å². The van der Waals surface area contributed by atoms with E-state index in [-0.39, 0.29) is 7.43 Å². The molecule has 0 fully saturated rings. The van der Waals surface area contributed by atoms with Gasteiger partial charge >= 0.3 is 92.4 Å². The molecule has 0 aromatic carbocycles. The second-order valence-electron chi connectivity index (χ2n) is 4.29. The fraction of sp³-hybridized carbons (Fsp3) is 1.00. The first-order valence-corrected chi connectivity index (χ1v) is 13.3. The summed E-state index contributed by atoms with van der Waals surface area (Å²) in [5.41, 5.74) is 0. The molecule has 0 atom stereocenters. The molecule has 0 rings (SSSR count). The molecule has 0 aromatic rings. The monoisotopic (exact) mass is 308 g/mol. The Kier molecular flexibility index (Phi) is 17.0. The SMILES string of the molecule is C.CCC[CH2][SnH]([CH2]CCC)[CH2]CCC. The summed E-state index contributed by atoms with van der Waals surface area (Å²) in [6, 6.07) is 0. The predicted octanol–water partition coefficient (Wildman–Crippen LogP) is 5.25. The second kappa shape index (κ2) is 13.8. The van der Waals surface area contributed by atoms with Gasteiger partial charge in [-0.25, -0.2) is 0 Å². The Morgan fingerprint density at radius 3 is 1.14 bits per heavy atom. The fourth-order valence-corrected chi connectivity index (χ4v) is 12.8. The first kappa shape index (κ1) is 17.2. The van der Waals surface area contributed by atoms with Gasteiger partial charge in [-0.1, -0.05) is 7.43 Å². The van der Waals surface area contributed by atoms with E-state index < -0.39 is 19.8 Å². The van der Waals surface area contributed by atoms with Crippen LogP contribution >= 0.6 is 0 Å². The minimum absolute atomic E-state index is 0. The fourth-order valence-electron chi connectivity index (χ4n) is 1.91. The number of hydrogen-bond acceptors (Lipinski definition) is 0. The molecule has 0 unspecified atom stereocenters. The quantitative estimate of drug-likeness (QED) is 0.510. The van der Waals surface area contributed by atoms with E-state index >= 15 is 0 Å². The number of rotatable bonds is 9. The van der Waals surface area contributed by atoms with Crippen molar-refractivity contribution in [3.05, 3.63) is 0 Å². The first-order valence-electron chi connectivity index (χ1n) is 6.35. The van der Waals surface area contributed by atoms with E-state index in [1.807, 2.05) is 0 Å². The summed E-state index contributed by atoms with van der Waals surface area (Å²) in [6.07, 6.45) is 8.87. The molecule has 0 bridgehead atoms. The van der Waals surface area contributed by atoms with Gasteiger partial charge in [-0.2, -0.15) is 0 Å². The Hall–Kier alpha value is 0.799. The van der Waals surface area contributed by atoms with Crippen LogP contribution < -0.4 is 0 Å². The van der Waals surface area contributed by atoms with Crippen LogP contribution in [-0.4, -0.2) is 19.8 Å². The zero-order chi connectivity index (χ0) is 9.94. The summed E-state index contributed by atoms with van der Waals surface area (Å²) in [7, 11) is 0. The molecule has 0 aliphatic rings. The zero-order valence-corrected chi connectivity index (χ0v) is 13.2. The number of unbranched alkanes of at least 4 members (excludes halogenated alkanes) is 3. The molecule has 0 heterocycles. The summed E-state index contributed by atoms with van der Waals surface area (Å²) in [5, 5.41) is 0. The Morgan fingerprint density at radius 1 is 0.643 bits per heavy atom. The maximum absolute atomic E-state index is 2.34. The van der Waals surface area contributed by atoms with Crippen molar-refractivity contribution < 1.29 is 0 Å². The van der Waals surface area contributed by atoms with Crippen molar-refractivity contribution in [1.29, 1.82) is 0 Å². The van der Waals surface area contributed by atoms with Crippen LogP contribution in [0.5, 0.6) is 0 Å². The minimum atomic E-state index is -0.967. The average molecular weight is 307 g/mol. The van der Waals surface area contributed by atoms with E-state index in [4.69, 9.17) is 0 Å². The summed E-state index contributed by atoms with van der Waals surface area (Å²) in [6.45, 7) is 7.01. The molecular formula is C13H32Sn. The van der Waals surface area contributed by atoms with Crippen LogP contribution in [-0.2, 0) is 0 Å². The predicted molar refractivity (Wildman–Crippen MR) is 73.0 cm³/mol. The molecule has 1 heteroatoms. The van der Waals surface area contributed by atoms with Crippen molar-refractivity contribution in [1.82, 2.24) is 0 Å². The summed E-state index contributed by atoms with van der Waals surface area (Å²) < 4.78 is 5.08. The van der Waals surface area contributed by atoms with Gasteiger partial charge in [0.2, 0.25) is 0 Å². The van der Waals surface area contributed by atoms with Crippen LogP contribution in [0.15, 0.2) is 0 Å². The van der Waals surface area contributed by atoms with E-state index in [1.165, 1.54) is 38.5 Å². The molecule has 0 N–H and O–H groups in total. The van der Waals surface area contributed by atoms with Gasteiger partial charge in [-0.05, 0) is 0 Å². The average Bonchev–Trinajstić information content (AvgIpc) is 2.17. The van der Waals surface area contributed by atoms with Crippen LogP contribution in [0.25, 0.3) is 0 Å². The zero-order valence-electron chi connectivity index (χ0n) is 9.94. The van der Waals surface area contributed by atoms with Crippen LogP contribution in [0.4, 0.5) is 0 Å². The van der Waals surface area contributed by atoms with Gasteiger partial charge in [0.25, 0.3) is 0 Å². The molecule has 0 spiro atoms. The molecule has 88 valence electrons. The Balaban J connectivity index is 0. The Morgan fingerprint density at radius 2 is 0.929 bits per heavy atom. The van der Waals surface area contributed by atoms with Crippen LogP contribution in [0.3, 0.4) is 0 Å². The molecular weight excluding hydrogens is 275 g/mol. The van der Waals surface area contributed by atoms with Crippen molar-refractivity contribution >= 4 is 19.8 Å². The van der Waals surface area contributed by atoms with E-state index in [1.54, 1.807) is 13.3 Å².